The molecule has 0 bridgehead atoms. The molecular weight excluding hydrogens is 400 g/mol. The molecule has 2 aromatic rings. The lowest BCUT2D eigenvalue weighted by atomic mass is 10.0. The van der Waals surface area contributed by atoms with Crippen LogP contribution in [0.2, 0.25) is 0 Å². The summed E-state index contributed by atoms with van der Waals surface area (Å²) in [6.45, 7) is 0. The molecule has 1 saturated carbocycles. The van der Waals surface area contributed by atoms with Crippen LogP contribution >= 0.6 is 0 Å². The highest BCUT2D eigenvalue weighted by Gasteiger charge is 2.49. The highest BCUT2D eigenvalue weighted by Crippen LogP contribution is 2.45. The monoisotopic (exact) mass is 418 g/mol. The van der Waals surface area contributed by atoms with E-state index in [0.29, 0.717) is 0 Å². The molecule has 3 heterocycles. The van der Waals surface area contributed by atoms with Crippen molar-refractivity contribution in [1.82, 2.24) is 20.5 Å². The van der Waals surface area contributed by atoms with Crippen molar-refractivity contribution >= 4 is 29.5 Å². The van der Waals surface area contributed by atoms with Crippen LogP contribution in [-0.4, -0.2) is 45.5 Å². The summed E-state index contributed by atoms with van der Waals surface area (Å²) in [4.78, 5) is 68.1. The van der Waals surface area contributed by atoms with Crippen LogP contribution in [0.1, 0.15) is 62.5 Å². The number of benzene rings is 1. The number of imide groups is 2. The molecule has 5 amide bonds. The quantitative estimate of drug-likeness (QED) is 0.711. The summed E-state index contributed by atoms with van der Waals surface area (Å²) in [7, 11) is 0. The first-order valence-electron chi connectivity index (χ1n) is 10.00. The van der Waals surface area contributed by atoms with Crippen LogP contribution in [0, 0.1) is 0 Å². The van der Waals surface area contributed by atoms with Crippen molar-refractivity contribution in [3.8, 4) is 0 Å². The molecule has 1 aromatic carbocycles. The van der Waals surface area contributed by atoms with Crippen LogP contribution < -0.4 is 10.6 Å². The largest absolute Gasteiger partial charge is 0.341 e. The smallest absolute Gasteiger partial charge is 0.263 e. The minimum absolute atomic E-state index is 0.0217. The summed E-state index contributed by atoms with van der Waals surface area (Å²) < 4.78 is 0. The number of aromatic nitrogens is 1. The zero-order valence-corrected chi connectivity index (χ0v) is 16.4. The average Bonchev–Trinajstić information content (AvgIpc) is 3.50. The van der Waals surface area contributed by atoms with Gasteiger partial charge in [0.05, 0.1) is 27.9 Å². The second-order valence-electron chi connectivity index (χ2n) is 7.93. The van der Waals surface area contributed by atoms with Gasteiger partial charge in [0, 0.05) is 12.6 Å². The fourth-order valence-electron chi connectivity index (χ4n) is 4.20. The lowest BCUT2D eigenvalue weighted by molar-refractivity contribution is -0.136. The third-order valence-electron chi connectivity index (χ3n) is 5.97. The van der Waals surface area contributed by atoms with E-state index in [0.717, 1.165) is 23.4 Å². The molecule has 2 N–H and O–H groups in total. The lowest BCUT2D eigenvalue weighted by Gasteiger charge is -2.27. The molecule has 1 atom stereocenters. The van der Waals surface area contributed by atoms with Gasteiger partial charge >= 0.3 is 0 Å². The van der Waals surface area contributed by atoms with E-state index in [4.69, 9.17) is 0 Å². The van der Waals surface area contributed by atoms with Crippen molar-refractivity contribution in [1.29, 1.82) is 0 Å². The Labute approximate surface area is 176 Å². The minimum Gasteiger partial charge on any atom is -0.341 e. The molecular formula is C22H18N4O5. The van der Waals surface area contributed by atoms with Gasteiger partial charge in [0.25, 0.3) is 17.7 Å². The summed E-state index contributed by atoms with van der Waals surface area (Å²) in [5.41, 5.74) is 0.281. The number of carbonyl (C=O) groups excluding carboxylic acids is 5. The number of pyridine rings is 1. The maximum absolute atomic E-state index is 13.2. The third kappa shape index (κ3) is 3.00. The number of rotatable bonds is 4. The first kappa shape index (κ1) is 19.1. The number of carbonyl (C=O) groups is 5. The first-order chi connectivity index (χ1) is 14.9. The predicted molar refractivity (Wildman–Crippen MR) is 106 cm³/mol. The number of amides is 5. The summed E-state index contributed by atoms with van der Waals surface area (Å²) >= 11 is 0. The number of nitrogens with zero attached hydrogens (tertiary/aromatic N) is 2. The molecule has 156 valence electrons. The van der Waals surface area contributed by atoms with Crippen molar-refractivity contribution in [2.45, 2.75) is 37.3 Å². The molecule has 1 aromatic heterocycles. The summed E-state index contributed by atoms with van der Waals surface area (Å²) in [5, 5.41) is 5.13. The average molecular weight is 418 g/mol. The molecule has 3 aliphatic rings. The lowest BCUT2D eigenvalue weighted by Crippen LogP contribution is -2.54. The molecule has 1 unspecified atom stereocenters. The van der Waals surface area contributed by atoms with E-state index in [1.54, 1.807) is 12.3 Å². The van der Waals surface area contributed by atoms with Gasteiger partial charge in [0.1, 0.15) is 6.04 Å². The molecule has 5 rings (SSSR count). The first-order valence-corrected chi connectivity index (χ1v) is 10.00. The normalized spacial score (nSPS) is 21.5. The number of hydrogen-bond donors (Lipinski definition) is 2. The molecule has 2 aliphatic heterocycles. The molecule has 9 heteroatoms. The van der Waals surface area contributed by atoms with Crippen LogP contribution in [0.4, 0.5) is 0 Å². The number of piperidine rings is 1. The summed E-state index contributed by atoms with van der Waals surface area (Å²) in [5.74, 6) is -2.96. The van der Waals surface area contributed by atoms with E-state index in [9.17, 15) is 24.0 Å². The fourth-order valence-corrected chi connectivity index (χ4v) is 4.20. The van der Waals surface area contributed by atoms with Gasteiger partial charge in [0.2, 0.25) is 11.8 Å². The Hall–Kier alpha value is -3.88. The van der Waals surface area contributed by atoms with Crippen LogP contribution in [0.3, 0.4) is 0 Å². The second kappa shape index (κ2) is 6.83. The van der Waals surface area contributed by atoms with Gasteiger partial charge in [-0.3, -0.25) is 39.2 Å². The van der Waals surface area contributed by atoms with Crippen molar-refractivity contribution < 1.29 is 24.0 Å². The summed E-state index contributed by atoms with van der Waals surface area (Å²) in [6.07, 6.45) is 3.19. The Morgan fingerprint density at radius 3 is 2.55 bits per heavy atom. The maximum atomic E-state index is 13.2. The SMILES string of the molecule is O=C1CCC(N2C(=O)c3cccc(C(=O)NC4(c5ccccn5)CC4)c3C2=O)C(=O)N1. The Morgan fingerprint density at radius 1 is 1.06 bits per heavy atom. The molecule has 31 heavy (non-hydrogen) atoms. The van der Waals surface area contributed by atoms with Gasteiger partial charge in [0.15, 0.2) is 0 Å². The van der Waals surface area contributed by atoms with Gasteiger partial charge < -0.3 is 5.32 Å². The Kier molecular flexibility index (Phi) is 4.21. The highest BCUT2D eigenvalue weighted by atomic mass is 16.2. The third-order valence-corrected chi connectivity index (χ3v) is 5.97. The van der Waals surface area contributed by atoms with E-state index < -0.39 is 41.1 Å². The van der Waals surface area contributed by atoms with Crippen molar-refractivity contribution in [3.05, 3.63) is 65.0 Å². The molecule has 1 saturated heterocycles. The highest BCUT2D eigenvalue weighted by molar-refractivity contribution is 6.26. The van der Waals surface area contributed by atoms with Crippen molar-refractivity contribution in [2.24, 2.45) is 0 Å². The van der Waals surface area contributed by atoms with Crippen LogP contribution in [0.25, 0.3) is 0 Å². The van der Waals surface area contributed by atoms with E-state index in [1.165, 1.54) is 18.2 Å². The van der Waals surface area contributed by atoms with Crippen LogP contribution in [-0.2, 0) is 15.1 Å². The standard InChI is InChI=1S/C22H18N4O5/c27-16-8-7-14(19(29)24-16)26-20(30)13-5-3-4-12(17(13)21(26)31)18(28)25-22(9-10-22)15-6-1-2-11-23-15/h1-6,11,14H,7-10H2,(H,25,28)(H,24,27,29). The zero-order valence-electron chi connectivity index (χ0n) is 16.4. The second-order valence-corrected chi connectivity index (χ2v) is 7.93. The van der Waals surface area contributed by atoms with Gasteiger partial charge in [-0.15, -0.1) is 0 Å². The van der Waals surface area contributed by atoms with Gasteiger partial charge in [-0.05, 0) is 43.5 Å². The summed E-state index contributed by atoms with van der Waals surface area (Å²) in [6, 6.07) is 8.87. The molecule has 0 radical (unpaired) electrons. The predicted octanol–water partition coefficient (Wildman–Crippen LogP) is 0.902. The zero-order chi connectivity index (χ0) is 21.8. The van der Waals surface area contributed by atoms with E-state index in [-0.39, 0.29) is 29.5 Å². The number of fused-ring (bicyclic) bond motifs is 1. The van der Waals surface area contributed by atoms with E-state index in [2.05, 4.69) is 15.6 Å². The van der Waals surface area contributed by atoms with Crippen molar-refractivity contribution in [3.63, 3.8) is 0 Å². The minimum atomic E-state index is -1.08. The van der Waals surface area contributed by atoms with Crippen LogP contribution in [0.15, 0.2) is 42.6 Å². The number of hydrogen-bond acceptors (Lipinski definition) is 6. The Morgan fingerprint density at radius 2 is 1.87 bits per heavy atom. The van der Waals surface area contributed by atoms with Crippen LogP contribution in [0.5, 0.6) is 0 Å². The molecule has 1 aliphatic carbocycles. The van der Waals surface area contributed by atoms with Gasteiger partial charge in [-0.1, -0.05) is 12.1 Å². The van der Waals surface area contributed by atoms with Crippen molar-refractivity contribution in [2.75, 3.05) is 0 Å². The topological polar surface area (TPSA) is 126 Å². The number of nitrogens with one attached hydrogen (secondary N) is 2. The fraction of sp³-hybridized carbons (Fsp3) is 0.273. The Bertz CT molecular complexity index is 1160. The van der Waals surface area contributed by atoms with Gasteiger partial charge in [-0.2, -0.15) is 0 Å². The Balaban J connectivity index is 1.45. The molecule has 2 fully saturated rings. The van der Waals surface area contributed by atoms with E-state index >= 15 is 0 Å². The maximum Gasteiger partial charge on any atom is 0.263 e. The van der Waals surface area contributed by atoms with E-state index in [1.807, 2.05) is 12.1 Å². The molecule has 9 nitrogen and oxygen atoms in total. The van der Waals surface area contributed by atoms with Gasteiger partial charge in [-0.25, -0.2) is 0 Å². The molecule has 0 spiro atoms.